The third kappa shape index (κ3) is 15.7. The fourth-order valence-electron chi connectivity index (χ4n) is 9.84. The number of hydrogen-bond acceptors (Lipinski definition) is 11. The normalized spacial score (nSPS) is 15.8. The number of methoxy groups -OCH3 is 3. The first kappa shape index (κ1) is 52.2. The van der Waals surface area contributed by atoms with Gasteiger partial charge in [-0.1, -0.05) is 146 Å². The Labute approximate surface area is 417 Å². The number of nitrogens with one attached hydrogen (secondary N) is 2. The van der Waals surface area contributed by atoms with Gasteiger partial charge in [0.1, 0.15) is 5.75 Å². The molecule has 2 aliphatic heterocycles. The zero-order valence-electron chi connectivity index (χ0n) is 41.6. The third-order valence-electron chi connectivity index (χ3n) is 13.5. The second-order valence-electron chi connectivity index (χ2n) is 18.3. The smallest absolute Gasteiger partial charge is 0.160 e. The van der Waals surface area contributed by atoms with E-state index in [0.717, 1.165) is 95.5 Å². The van der Waals surface area contributed by atoms with Gasteiger partial charge in [0.05, 0.1) is 45.6 Å². The monoisotopic (exact) mass is 949 g/mol. The summed E-state index contributed by atoms with van der Waals surface area (Å²) in [5.74, 6) is 2.41. The highest BCUT2D eigenvalue weighted by atomic mass is 16.5. The maximum Gasteiger partial charge on any atom is 0.160 e. The van der Waals surface area contributed by atoms with Gasteiger partial charge in [-0.3, -0.25) is 19.6 Å². The van der Waals surface area contributed by atoms with E-state index in [1.54, 1.807) is 21.3 Å². The molecule has 372 valence electrons. The Morgan fingerprint density at radius 3 is 1.23 bits per heavy atom. The van der Waals surface area contributed by atoms with Crippen molar-refractivity contribution in [1.82, 2.24) is 30.2 Å². The average molecular weight is 949 g/mol. The molecule has 2 aliphatic rings. The maximum atomic E-state index is 10.6. The summed E-state index contributed by atoms with van der Waals surface area (Å²) in [6.07, 6.45) is 0.992. The van der Waals surface area contributed by atoms with Crippen molar-refractivity contribution in [3.8, 4) is 17.2 Å². The van der Waals surface area contributed by atoms with Crippen LogP contribution in [-0.4, -0.2) is 155 Å². The van der Waals surface area contributed by atoms with Crippen molar-refractivity contribution in [1.29, 1.82) is 0 Å². The van der Waals surface area contributed by atoms with Crippen LogP contribution in [0.3, 0.4) is 0 Å². The fraction of sp³-hybridized carbons (Fsp3) is 0.390. The van der Waals surface area contributed by atoms with E-state index in [2.05, 4.69) is 164 Å². The first-order valence-electron chi connectivity index (χ1n) is 25.1. The van der Waals surface area contributed by atoms with Crippen LogP contribution in [0, 0.1) is 0 Å². The Morgan fingerprint density at radius 1 is 0.429 bits per heavy atom. The summed E-state index contributed by atoms with van der Waals surface area (Å²) in [5, 5.41) is 28.0. The van der Waals surface area contributed by atoms with Crippen LogP contribution < -0.4 is 24.8 Å². The molecule has 2 saturated heterocycles. The second kappa shape index (κ2) is 28.3. The minimum Gasteiger partial charge on any atom is -0.496 e. The summed E-state index contributed by atoms with van der Waals surface area (Å²) < 4.78 is 16.1. The molecule has 11 heteroatoms. The van der Waals surface area contributed by atoms with Gasteiger partial charge in [-0.15, -0.1) is 0 Å². The number of aliphatic hydroxyl groups excluding tert-OH is 2. The fourth-order valence-corrected chi connectivity index (χ4v) is 9.84. The molecule has 0 spiro atoms. The molecule has 0 amide bonds. The summed E-state index contributed by atoms with van der Waals surface area (Å²) >= 11 is 0. The number of aliphatic hydroxyl groups is 2. The lowest BCUT2D eigenvalue weighted by molar-refractivity contribution is 0.0625. The van der Waals surface area contributed by atoms with Gasteiger partial charge < -0.3 is 35.1 Å². The van der Waals surface area contributed by atoms with Crippen LogP contribution in [0.25, 0.3) is 0 Å². The molecule has 0 bridgehead atoms. The van der Waals surface area contributed by atoms with E-state index in [0.29, 0.717) is 26.2 Å². The van der Waals surface area contributed by atoms with Crippen LogP contribution in [0.4, 0.5) is 0 Å². The summed E-state index contributed by atoms with van der Waals surface area (Å²) in [5.41, 5.74) is 7.70. The maximum absolute atomic E-state index is 10.6. The van der Waals surface area contributed by atoms with Crippen LogP contribution in [0.15, 0.2) is 164 Å². The number of benzene rings is 6. The molecule has 0 saturated carbocycles. The zero-order chi connectivity index (χ0) is 48.8. The predicted octanol–water partition coefficient (Wildman–Crippen LogP) is 7.20. The van der Waals surface area contributed by atoms with Gasteiger partial charge in [0, 0.05) is 78.5 Å². The van der Waals surface area contributed by atoms with E-state index in [1.807, 2.05) is 30.3 Å². The van der Waals surface area contributed by atoms with Gasteiger partial charge in [-0.05, 0) is 77.5 Å². The average Bonchev–Trinajstić information content (AvgIpc) is 3.41. The Morgan fingerprint density at radius 2 is 0.814 bits per heavy atom. The number of rotatable bonds is 23. The molecule has 0 aliphatic carbocycles. The van der Waals surface area contributed by atoms with Crippen molar-refractivity contribution in [3.63, 3.8) is 0 Å². The zero-order valence-corrected chi connectivity index (χ0v) is 41.6. The van der Waals surface area contributed by atoms with E-state index >= 15 is 0 Å². The van der Waals surface area contributed by atoms with E-state index in [9.17, 15) is 10.2 Å². The third-order valence-corrected chi connectivity index (χ3v) is 13.5. The molecule has 70 heavy (non-hydrogen) atoms. The number of ether oxygens (including phenoxy) is 3. The van der Waals surface area contributed by atoms with Crippen LogP contribution in [-0.2, 0) is 12.8 Å². The number of β-amino-alcohol motifs (C(OH)–C–C–N with tert-alkyl or cyclic N) is 2. The molecule has 0 radical (unpaired) electrons. The summed E-state index contributed by atoms with van der Waals surface area (Å²) in [4.78, 5) is 9.90. The largest absolute Gasteiger partial charge is 0.496 e. The minimum atomic E-state index is -0.388. The molecule has 2 unspecified atom stereocenters. The summed E-state index contributed by atoms with van der Waals surface area (Å²) in [6.45, 7) is 12.0. The minimum absolute atomic E-state index is 0.262. The Hall–Kier alpha value is -5.60. The van der Waals surface area contributed by atoms with Crippen LogP contribution in [0.5, 0.6) is 17.2 Å². The first-order valence-corrected chi connectivity index (χ1v) is 25.1. The standard InChI is InChI=1S/C30H39N3O3.C29H37N3O2/c1-35-28-14-13-24(21-29(28)36-2)15-16-31-22-27(34)23-32-17-19-33(20-18-32)30(25-9-5-3-6-10-25)26-11-7-4-8-12-26;1-34-28-15-9-8-10-24(28)16-17-30-22-27(33)23-31-18-20-32(21-19-31)29(25-11-4-2-5-12-25)26-13-6-3-7-14-26/h3-14,21,27,30-31,34H,15-20,22-23H2,1-2H3;2-15,27,29-30,33H,16-23H2,1H3. The van der Waals surface area contributed by atoms with Gasteiger partial charge in [0.2, 0.25) is 0 Å². The molecule has 0 aromatic heterocycles. The molecule has 2 atom stereocenters. The van der Waals surface area contributed by atoms with Gasteiger partial charge in [-0.2, -0.15) is 0 Å². The Balaban J connectivity index is 0.000000207. The highest BCUT2D eigenvalue weighted by molar-refractivity contribution is 5.43. The lowest BCUT2D eigenvalue weighted by Crippen LogP contribution is -2.50. The molecule has 6 aromatic rings. The van der Waals surface area contributed by atoms with Crippen molar-refractivity contribution in [2.75, 3.05) is 113 Å². The lowest BCUT2D eigenvalue weighted by Gasteiger charge is -2.40. The molecular weight excluding hydrogens is 873 g/mol. The van der Waals surface area contributed by atoms with Crippen molar-refractivity contribution < 1.29 is 24.4 Å². The molecule has 8 rings (SSSR count). The molecule has 2 fully saturated rings. The second-order valence-corrected chi connectivity index (χ2v) is 18.3. The van der Waals surface area contributed by atoms with E-state index in [1.165, 1.54) is 33.4 Å². The number of nitrogens with zero attached hydrogens (tertiary/aromatic N) is 4. The number of hydrogen-bond donors (Lipinski definition) is 4. The highest BCUT2D eigenvalue weighted by Gasteiger charge is 2.28. The first-order chi connectivity index (χ1) is 34.4. The lowest BCUT2D eigenvalue weighted by atomic mass is 9.96. The predicted molar refractivity (Wildman–Crippen MR) is 283 cm³/mol. The van der Waals surface area contributed by atoms with Crippen molar-refractivity contribution in [2.45, 2.75) is 37.1 Å². The molecule has 2 heterocycles. The van der Waals surface area contributed by atoms with E-state index in [4.69, 9.17) is 14.2 Å². The van der Waals surface area contributed by atoms with Crippen LogP contribution >= 0.6 is 0 Å². The Kier molecular flexibility index (Phi) is 21.1. The topological polar surface area (TPSA) is 105 Å². The van der Waals surface area contributed by atoms with Crippen molar-refractivity contribution in [2.24, 2.45) is 0 Å². The van der Waals surface area contributed by atoms with E-state index < -0.39 is 0 Å². The van der Waals surface area contributed by atoms with Crippen molar-refractivity contribution >= 4 is 0 Å². The number of piperazine rings is 2. The van der Waals surface area contributed by atoms with E-state index in [-0.39, 0.29) is 24.3 Å². The van der Waals surface area contributed by atoms with Gasteiger partial charge in [0.25, 0.3) is 0 Å². The quantitative estimate of drug-likeness (QED) is 0.0491. The van der Waals surface area contributed by atoms with Crippen LogP contribution in [0.2, 0.25) is 0 Å². The Bertz CT molecular complexity index is 2270. The summed E-state index contributed by atoms with van der Waals surface area (Å²) in [6, 6.07) is 57.7. The van der Waals surface area contributed by atoms with Gasteiger partial charge >= 0.3 is 0 Å². The molecule has 6 aromatic carbocycles. The molecule has 4 N–H and O–H groups in total. The summed E-state index contributed by atoms with van der Waals surface area (Å²) in [7, 11) is 5.00. The van der Waals surface area contributed by atoms with Crippen LogP contribution in [0.1, 0.15) is 45.5 Å². The highest BCUT2D eigenvalue weighted by Crippen LogP contribution is 2.31. The van der Waals surface area contributed by atoms with Gasteiger partial charge in [0.15, 0.2) is 11.5 Å². The van der Waals surface area contributed by atoms with Gasteiger partial charge in [-0.25, -0.2) is 0 Å². The number of para-hydroxylation sites is 1. The van der Waals surface area contributed by atoms with Crippen molar-refractivity contribution in [3.05, 3.63) is 197 Å². The molecule has 11 nitrogen and oxygen atoms in total. The SMILES string of the molecule is COc1ccc(CCNCC(O)CN2CCN(C(c3ccccc3)c3ccccc3)CC2)cc1OC.COc1ccccc1CCNCC(O)CN1CCN(C(c2ccccc2)c2ccccc2)CC1. The molecular formula is C59H76N6O5.